The monoisotopic (exact) mass is 198 g/mol. The molecule has 0 heterocycles. The van der Waals surface area contributed by atoms with Gasteiger partial charge in [0.15, 0.2) is 0 Å². The largest absolute Gasteiger partial charge is 0.481 e. The summed E-state index contributed by atoms with van der Waals surface area (Å²) in [6.07, 6.45) is 6.62. The van der Waals surface area contributed by atoms with E-state index >= 15 is 0 Å². The molecule has 1 rings (SSSR count). The molecule has 0 amide bonds. The third-order valence-corrected chi connectivity index (χ3v) is 3.79. The minimum Gasteiger partial charge on any atom is -0.481 e. The molecule has 14 heavy (non-hydrogen) atoms. The predicted molar refractivity (Wildman–Crippen MR) is 57.2 cm³/mol. The van der Waals surface area contributed by atoms with Gasteiger partial charge in [-0.2, -0.15) is 0 Å². The summed E-state index contributed by atoms with van der Waals surface area (Å²) in [5, 5.41) is 9.15. The molecule has 0 aromatic heterocycles. The Morgan fingerprint density at radius 1 is 1.29 bits per heavy atom. The van der Waals surface area contributed by atoms with E-state index in [2.05, 4.69) is 13.8 Å². The molecule has 0 aromatic rings. The Morgan fingerprint density at radius 3 is 2.36 bits per heavy atom. The highest BCUT2D eigenvalue weighted by atomic mass is 16.4. The van der Waals surface area contributed by atoms with Gasteiger partial charge in [0.25, 0.3) is 0 Å². The highest BCUT2D eigenvalue weighted by Crippen LogP contribution is 2.38. The molecule has 1 aliphatic carbocycles. The highest BCUT2D eigenvalue weighted by molar-refractivity contribution is 5.70. The van der Waals surface area contributed by atoms with Gasteiger partial charge >= 0.3 is 5.97 Å². The molecule has 1 saturated carbocycles. The molecule has 0 aliphatic heterocycles. The maximum Gasteiger partial charge on any atom is 0.306 e. The van der Waals surface area contributed by atoms with Gasteiger partial charge in [0.2, 0.25) is 0 Å². The van der Waals surface area contributed by atoms with Gasteiger partial charge in [-0.05, 0) is 24.7 Å². The summed E-state index contributed by atoms with van der Waals surface area (Å²) >= 11 is 0. The number of aliphatic carboxylic acids is 1. The molecular formula is C12H22O2. The molecular weight excluding hydrogens is 176 g/mol. The standard InChI is InChI=1S/C12H22O2/c1-3-9(4-2)10-7-5-6-8-11(10)12(13)14/h9-11H,3-8H2,1-2H3,(H,13,14). The van der Waals surface area contributed by atoms with Crippen molar-refractivity contribution >= 4 is 5.97 Å². The molecule has 0 radical (unpaired) electrons. The summed E-state index contributed by atoms with van der Waals surface area (Å²) in [6.45, 7) is 4.36. The van der Waals surface area contributed by atoms with Crippen LogP contribution in [0.2, 0.25) is 0 Å². The summed E-state index contributed by atoms with van der Waals surface area (Å²) in [6, 6.07) is 0. The number of carboxylic acids is 1. The van der Waals surface area contributed by atoms with Crippen molar-refractivity contribution in [2.45, 2.75) is 52.4 Å². The van der Waals surface area contributed by atoms with Crippen LogP contribution in [0.25, 0.3) is 0 Å². The van der Waals surface area contributed by atoms with Crippen molar-refractivity contribution in [2.75, 3.05) is 0 Å². The summed E-state index contributed by atoms with van der Waals surface area (Å²) in [5.41, 5.74) is 0. The molecule has 2 heteroatoms. The van der Waals surface area contributed by atoms with Gasteiger partial charge in [-0.1, -0.05) is 39.5 Å². The zero-order chi connectivity index (χ0) is 10.6. The van der Waals surface area contributed by atoms with Gasteiger partial charge in [0.1, 0.15) is 0 Å². The number of carbonyl (C=O) groups is 1. The number of hydrogen-bond acceptors (Lipinski definition) is 1. The second-order valence-electron chi connectivity index (χ2n) is 4.47. The summed E-state index contributed by atoms with van der Waals surface area (Å²) in [4.78, 5) is 11.1. The number of rotatable bonds is 4. The van der Waals surface area contributed by atoms with E-state index in [0.29, 0.717) is 11.8 Å². The second-order valence-corrected chi connectivity index (χ2v) is 4.47. The fourth-order valence-electron chi connectivity index (χ4n) is 2.92. The first-order valence-electron chi connectivity index (χ1n) is 5.93. The van der Waals surface area contributed by atoms with Crippen LogP contribution in [0, 0.1) is 17.8 Å². The van der Waals surface area contributed by atoms with Gasteiger partial charge in [0, 0.05) is 0 Å². The molecule has 0 saturated heterocycles. The molecule has 0 spiro atoms. The zero-order valence-corrected chi connectivity index (χ0v) is 9.33. The second kappa shape index (κ2) is 5.38. The fraction of sp³-hybridized carbons (Fsp3) is 0.917. The molecule has 2 unspecified atom stereocenters. The van der Waals surface area contributed by atoms with Crippen molar-refractivity contribution in [3.05, 3.63) is 0 Å². The predicted octanol–water partition coefficient (Wildman–Crippen LogP) is 3.31. The Kier molecular flexibility index (Phi) is 4.43. The zero-order valence-electron chi connectivity index (χ0n) is 9.33. The van der Waals surface area contributed by atoms with Crippen LogP contribution in [0.4, 0.5) is 0 Å². The van der Waals surface area contributed by atoms with Crippen LogP contribution < -0.4 is 0 Å². The lowest BCUT2D eigenvalue weighted by molar-refractivity contribution is -0.146. The Morgan fingerprint density at radius 2 is 1.86 bits per heavy atom. The first kappa shape index (κ1) is 11.5. The van der Waals surface area contributed by atoms with E-state index in [0.717, 1.165) is 32.1 Å². The highest BCUT2D eigenvalue weighted by Gasteiger charge is 2.34. The van der Waals surface area contributed by atoms with Crippen LogP contribution in [0.1, 0.15) is 52.4 Å². The van der Waals surface area contributed by atoms with Crippen LogP contribution in [0.5, 0.6) is 0 Å². The lowest BCUT2D eigenvalue weighted by atomic mass is 9.71. The molecule has 2 nitrogen and oxygen atoms in total. The van der Waals surface area contributed by atoms with Crippen LogP contribution in [0.15, 0.2) is 0 Å². The fourth-order valence-corrected chi connectivity index (χ4v) is 2.92. The van der Waals surface area contributed by atoms with Crippen LogP contribution in [-0.4, -0.2) is 11.1 Å². The van der Waals surface area contributed by atoms with E-state index in [1.54, 1.807) is 0 Å². The molecule has 1 aliphatic rings. The van der Waals surface area contributed by atoms with Gasteiger partial charge < -0.3 is 5.11 Å². The molecule has 2 atom stereocenters. The maximum atomic E-state index is 11.1. The average molecular weight is 198 g/mol. The lowest BCUT2D eigenvalue weighted by Gasteiger charge is -2.34. The van der Waals surface area contributed by atoms with Crippen molar-refractivity contribution in [3.63, 3.8) is 0 Å². The van der Waals surface area contributed by atoms with Gasteiger partial charge in [0.05, 0.1) is 5.92 Å². The number of hydrogen-bond donors (Lipinski definition) is 1. The van der Waals surface area contributed by atoms with E-state index in [1.807, 2.05) is 0 Å². The minimum absolute atomic E-state index is 0.0614. The Balaban J connectivity index is 2.65. The van der Waals surface area contributed by atoms with Crippen molar-refractivity contribution in [1.82, 2.24) is 0 Å². The first-order valence-corrected chi connectivity index (χ1v) is 5.93. The molecule has 0 aromatic carbocycles. The van der Waals surface area contributed by atoms with Gasteiger partial charge in [-0.3, -0.25) is 4.79 Å². The SMILES string of the molecule is CCC(CC)C1CCCCC1C(=O)O. The normalized spacial score (nSPS) is 27.9. The number of carboxylic acid groups (broad SMARTS) is 1. The van der Waals surface area contributed by atoms with E-state index in [4.69, 9.17) is 5.11 Å². The summed E-state index contributed by atoms with van der Waals surface area (Å²) < 4.78 is 0. The topological polar surface area (TPSA) is 37.3 Å². The van der Waals surface area contributed by atoms with Crippen molar-refractivity contribution in [1.29, 1.82) is 0 Å². The lowest BCUT2D eigenvalue weighted by Crippen LogP contribution is -2.31. The first-order chi connectivity index (χ1) is 6.70. The Bertz CT molecular complexity index is 185. The maximum absolute atomic E-state index is 11.1. The Hall–Kier alpha value is -0.530. The van der Waals surface area contributed by atoms with Crippen LogP contribution in [-0.2, 0) is 4.79 Å². The van der Waals surface area contributed by atoms with Gasteiger partial charge in [-0.25, -0.2) is 0 Å². The van der Waals surface area contributed by atoms with Gasteiger partial charge in [-0.15, -0.1) is 0 Å². The Labute approximate surface area is 86.7 Å². The van der Waals surface area contributed by atoms with E-state index in [-0.39, 0.29) is 5.92 Å². The van der Waals surface area contributed by atoms with Crippen LogP contribution >= 0.6 is 0 Å². The molecule has 0 bridgehead atoms. The summed E-state index contributed by atoms with van der Waals surface area (Å²) in [7, 11) is 0. The molecule has 82 valence electrons. The smallest absolute Gasteiger partial charge is 0.306 e. The van der Waals surface area contributed by atoms with Crippen molar-refractivity contribution in [3.8, 4) is 0 Å². The molecule has 1 N–H and O–H groups in total. The molecule has 1 fully saturated rings. The minimum atomic E-state index is -0.568. The van der Waals surface area contributed by atoms with Crippen molar-refractivity contribution in [2.24, 2.45) is 17.8 Å². The van der Waals surface area contributed by atoms with E-state index in [1.165, 1.54) is 6.42 Å². The summed E-state index contributed by atoms with van der Waals surface area (Å²) in [5.74, 6) is 0.433. The quantitative estimate of drug-likeness (QED) is 0.752. The van der Waals surface area contributed by atoms with E-state index < -0.39 is 5.97 Å². The third kappa shape index (κ3) is 2.49. The third-order valence-electron chi connectivity index (χ3n) is 3.79. The van der Waals surface area contributed by atoms with E-state index in [9.17, 15) is 4.79 Å². The van der Waals surface area contributed by atoms with Crippen LogP contribution in [0.3, 0.4) is 0 Å². The van der Waals surface area contributed by atoms with Crippen molar-refractivity contribution < 1.29 is 9.90 Å². The average Bonchev–Trinajstić information content (AvgIpc) is 2.20.